The molecule has 1 aromatic heterocycles. The van der Waals surface area contributed by atoms with E-state index in [4.69, 9.17) is 0 Å². The van der Waals surface area contributed by atoms with E-state index in [1.54, 1.807) is 6.07 Å². The maximum Gasteiger partial charge on any atom is 0.245 e. The molecule has 2 N–H and O–H groups in total. The summed E-state index contributed by atoms with van der Waals surface area (Å²) in [6.45, 7) is 3.60. The lowest BCUT2D eigenvalue weighted by Gasteiger charge is -2.25. The normalized spacial score (nSPS) is 15.8. The molecule has 0 amide bonds. The highest BCUT2D eigenvalue weighted by molar-refractivity contribution is 9.10. The van der Waals surface area contributed by atoms with Gasteiger partial charge in [0.1, 0.15) is 5.82 Å². The van der Waals surface area contributed by atoms with E-state index in [0.29, 0.717) is 17.3 Å². The second-order valence-electron chi connectivity index (χ2n) is 4.35. The average Bonchev–Trinajstić information content (AvgIpc) is 2.92. The van der Waals surface area contributed by atoms with Crippen molar-refractivity contribution in [3.8, 4) is 11.4 Å². The second-order valence-corrected chi connectivity index (χ2v) is 5.20. The summed E-state index contributed by atoms with van der Waals surface area (Å²) in [6, 6.07) is 4.50. The van der Waals surface area contributed by atoms with Gasteiger partial charge in [-0.3, -0.25) is 5.10 Å². The van der Waals surface area contributed by atoms with Crippen molar-refractivity contribution >= 4 is 21.9 Å². The smallest absolute Gasteiger partial charge is 0.245 e. The lowest BCUT2D eigenvalue weighted by Crippen LogP contribution is -2.44. The van der Waals surface area contributed by atoms with Crippen molar-refractivity contribution in [2.45, 2.75) is 0 Å². The number of piperazine rings is 1. The Bertz CT molecular complexity index is 579. The third-order valence-corrected chi connectivity index (χ3v) is 3.75. The molecule has 3 rings (SSSR count). The van der Waals surface area contributed by atoms with Crippen LogP contribution in [0.5, 0.6) is 0 Å². The van der Waals surface area contributed by atoms with Crippen molar-refractivity contribution in [2.75, 3.05) is 31.1 Å². The minimum Gasteiger partial charge on any atom is -0.337 e. The maximum absolute atomic E-state index is 13.3. The van der Waals surface area contributed by atoms with Gasteiger partial charge in [-0.25, -0.2) is 4.39 Å². The zero-order valence-corrected chi connectivity index (χ0v) is 11.7. The van der Waals surface area contributed by atoms with Crippen LogP contribution in [0.25, 0.3) is 11.4 Å². The zero-order chi connectivity index (χ0) is 13.2. The molecule has 0 saturated carbocycles. The first-order valence-electron chi connectivity index (χ1n) is 6.07. The third-order valence-electron chi connectivity index (χ3n) is 3.06. The number of anilines is 1. The largest absolute Gasteiger partial charge is 0.337 e. The van der Waals surface area contributed by atoms with Crippen molar-refractivity contribution in [3.63, 3.8) is 0 Å². The summed E-state index contributed by atoms with van der Waals surface area (Å²) >= 11 is 3.39. The average molecular weight is 326 g/mol. The van der Waals surface area contributed by atoms with Gasteiger partial charge in [0.2, 0.25) is 5.95 Å². The van der Waals surface area contributed by atoms with Crippen molar-refractivity contribution in [1.82, 2.24) is 20.5 Å². The van der Waals surface area contributed by atoms with Gasteiger partial charge < -0.3 is 10.2 Å². The van der Waals surface area contributed by atoms with E-state index in [-0.39, 0.29) is 5.82 Å². The quantitative estimate of drug-likeness (QED) is 0.883. The minimum atomic E-state index is -0.293. The fourth-order valence-corrected chi connectivity index (χ4v) is 2.49. The van der Waals surface area contributed by atoms with Crippen molar-refractivity contribution in [2.24, 2.45) is 0 Å². The van der Waals surface area contributed by atoms with E-state index >= 15 is 0 Å². The summed E-state index contributed by atoms with van der Waals surface area (Å²) in [4.78, 5) is 6.54. The molecule has 0 spiro atoms. The predicted molar refractivity (Wildman–Crippen MR) is 74.6 cm³/mol. The Balaban J connectivity index is 1.89. The van der Waals surface area contributed by atoms with Crippen LogP contribution in [0.4, 0.5) is 10.3 Å². The topological polar surface area (TPSA) is 56.8 Å². The van der Waals surface area contributed by atoms with Crippen LogP contribution in [0.2, 0.25) is 0 Å². The predicted octanol–water partition coefficient (Wildman–Crippen LogP) is 1.78. The number of hydrogen-bond donors (Lipinski definition) is 2. The summed E-state index contributed by atoms with van der Waals surface area (Å²) in [7, 11) is 0. The fourth-order valence-electron chi connectivity index (χ4n) is 2.06. The molecule has 1 aromatic carbocycles. The minimum absolute atomic E-state index is 0.293. The first-order valence-corrected chi connectivity index (χ1v) is 6.87. The molecule has 0 bridgehead atoms. The van der Waals surface area contributed by atoms with Crippen molar-refractivity contribution < 1.29 is 4.39 Å². The highest BCUT2D eigenvalue weighted by atomic mass is 79.9. The number of rotatable bonds is 2. The first kappa shape index (κ1) is 12.6. The Morgan fingerprint density at radius 2 is 2.05 bits per heavy atom. The Labute approximate surface area is 118 Å². The highest BCUT2D eigenvalue weighted by Crippen LogP contribution is 2.27. The molecule has 100 valence electrons. The van der Waals surface area contributed by atoms with Crippen LogP contribution < -0.4 is 10.2 Å². The first-order chi connectivity index (χ1) is 9.24. The third kappa shape index (κ3) is 2.62. The lowest BCUT2D eigenvalue weighted by atomic mass is 10.2. The summed E-state index contributed by atoms with van der Waals surface area (Å²) < 4.78 is 14.1. The Morgan fingerprint density at radius 1 is 1.26 bits per heavy atom. The molecular weight excluding hydrogens is 313 g/mol. The molecular formula is C12H13BrFN5. The van der Waals surface area contributed by atoms with E-state index in [2.05, 4.69) is 41.3 Å². The Morgan fingerprint density at radius 3 is 2.84 bits per heavy atom. The van der Waals surface area contributed by atoms with E-state index < -0.39 is 0 Å². The molecule has 1 aliphatic rings. The van der Waals surface area contributed by atoms with Gasteiger partial charge in [0.05, 0.1) is 0 Å². The molecule has 0 unspecified atom stereocenters. The van der Waals surface area contributed by atoms with E-state index in [1.165, 1.54) is 12.1 Å². The van der Waals surface area contributed by atoms with Gasteiger partial charge in [-0.15, -0.1) is 5.10 Å². The molecule has 1 saturated heterocycles. The van der Waals surface area contributed by atoms with E-state index in [0.717, 1.165) is 30.7 Å². The molecule has 1 aliphatic heterocycles. The van der Waals surface area contributed by atoms with Gasteiger partial charge in [-0.05, 0) is 18.2 Å². The van der Waals surface area contributed by atoms with Gasteiger partial charge in [-0.2, -0.15) is 4.98 Å². The molecule has 19 heavy (non-hydrogen) atoms. The van der Waals surface area contributed by atoms with Crippen LogP contribution in [-0.4, -0.2) is 41.4 Å². The molecule has 7 heteroatoms. The number of nitrogens with one attached hydrogen (secondary N) is 2. The zero-order valence-electron chi connectivity index (χ0n) is 10.2. The van der Waals surface area contributed by atoms with Gasteiger partial charge in [-0.1, -0.05) is 15.9 Å². The van der Waals surface area contributed by atoms with Crippen LogP contribution in [0.15, 0.2) is 22.7 Å². The van der Waals surface area contributed by atoms with Crippen LogP contribution in [0.3, 0.4) is 0 Å². The van der Waals surface area contributed by atoms with Crippen LogP contribution in [0, 0.1) is 5.82 Å². The van der Waals surface area contributed by atoms with E-state index in [1.807, 2.05) is 0 Å². The Hall–Kier alpha value is -1.47. The lowest BCUT2D eigenvalue weighted by molar-refractivity contribution is 0.580. The summed E-state index contributed by atoms with van der Waals surface area (Å²) in [6.07, 6.45) is 0. The highest BCUT2D eigenvalue weighted by Gasteiger charge is 2.16. The van der Waals surface area contributed by atoms with E-state index in [9.17, 15) is 4.39 Å². The number of benzene rings is 1. The Kier molecular flexibility index (Phi) is 3.48. The molecule has 0 aliphatic carbocycles. The van der Waals surface area contributed by atoms with Crippen LogP contribution >= 0.6 is 15.9 Å². The van der Waals surface area contributed by atoms with Gasteiger partial charge >= 0.3 is 0 Å². The van der Waals surface area contributed by atoms with Gasteiger partial charge in [0, 0.05) is 36.2 Å². The van der Waals surface area contributed by atoms with Crippen LogP contribution in [-0.2, 0) is 0 Å². The van der Waals surface area contributed by atoms with Crippen LogP contribution in [0.1, 0.15) is 0 Å². The fraction of sp³-hybridized carbons (Fsp3) is 0.333. The summed E-state index contributed by atoms with van der Waals surface area (Å²) in [5.74, 6) is 0.936. The monoisotopic (exact) mass is 325 g/mol. The molecule has 0 atom stereocenters. The SMILES string of the molecule is Fc1ccc(Br)c(-c2nc(N3CCNCC3)n[nH]2)c1. The van der Waals surface area contributed by atoms with Crippen molar-refractivity contribution in [3.05, 3.63) is 28.5 Å². The second kappa shape index (κ2) is 5.26. The maximum atomic E-state index is 13.3. The van der Waals surface area contributed by atoms with Gasteiger partial charge in [0.15, 0.2) is 5.82 Å². The van der Waals surface area contributed by atoms with Crippen molar-refractivity contribution in [1.29, 1.82) is 0 Å². The number of aromatic amines is 1. The number of aromatic nitrogens is 3. The molecule has 0 radical (unpaired) electrons. The number of halogens is 2. The standard InChI is InChI=1S/C12H13BrFN5/c13-10-2-1-8(14)7-9(10)11-16-12(18-17-11)19-5-3-15-4-6-19/h1-2,7,15H,3-6H2,(H,16,17,18). The number of H-pyrrole nitrogens is 1. The molecule has 2 heterocycles. The number of hydrogen-bond acceptors (Lipinski definition) is 4. The molecule has 2 aromatic rings. The number of nitrogens with zero attached hydrogens (tertiary/aromatic N) is 3. The summed E-state index contributed by atoms with van der Waals surface area (Å²) in [5.41, 5.74) is 0.675. The molecule has 1 fully saturated rings. The van der Waals surface area contributed by atoms with Gasteiger partial charge in [0.25, 0.3) is 0 Å². The molecule has 5 nitrogen and oxygen atoms in total. The summed E-state index contributed by atoms with van der Waals surface area (Å²) in [5, 5.41) is 10.3.